The Labute approximate surface area is 210 Å². The maximum absolute atomic E-state index is 14.5. The number of ether oxygens (including phenoxy) is 1. The third-order valence-electron chi connectivity index (χ3n) is 6.24. The average molecular weight is 528 g/mol. The number of esters is 1. The minimum Gasteiger partial charge on any atom is -0.466 e. The number of hydrogen-bond acceptors (Lipinski definition) is 6. The maximum Gasteiger partial charge on any atom is 0.441 e. The first-order chi connectivity index (χ1) is 16.2. The molecule has 3 rings (SSSR count). The van der Waals surface area contributed by atoms with E-state index < -0.39 is 23.7 Å². The Bertz CT molecular complexity index is 1180. The van der Waals surface area contributed by atoms with Crippen molar-refractivity contribution in [3.8, 4) is 6.07 Å². The normalized spacial score (nSPS) is 17.5. The molecular formula is C24H25ClF3N3O3S. The third-order valence-corrected chi connectivity index (χ3v) is 7.74. The molecule has 2 atom stereocenters. The van der Waals surface area contributed by atoms with Crippen LogP contribution < -0.4 is 10.6 Å². The number of nitrogens with zero attached hydrogens (tertiary/aromatic N) is 1. The smallest absolute Gasteiger partial charge is 0.441 e. The van der Waals surface area contributed by atoms with Gasteiger partial charge in [-0.05, 0) is 48.3 Å². The molecule has 0 saturated carbocycles. The van der Waals surface area contributed by atoms with E-state index in [0.29, 0.717) is 18.4 Å². The van der Waals surface area contributed by atoms with Crippen LogP contribution in [0.25, 0.3) is 0 Å². The molecule has 0 radical (unpaired) electrons. The molecule has 11 heteroatoms. The van der Waals surface area contributed by atoms with Crippen molar-refractivity contribution in [1.82, 2.24) is 5.32 Å². The van der Waals surface area contributed by atoms with E-state index in [2.05, 4.69) is 30.8 Å². The molecule has 0 bridgehead atoms. The zero-order chi connectivity index (χ0) is 26.2. The quantitative estimate of drug-likeness (QED) is 0.384. The largest absolute Gasteiger partial charge is 0.466 e. The fourth-order valence-corrected chi connectivity index (χ4v) is 5.68. The minimum absolute atomic E-state index is 0.0211. The molecule has 0 aliphatic heterocycles. The number of amides is 1. The van der Waals surface area contributed by atoms with Gasteiger partial charge in [0.1, 0.15) is 11.1 Å². The number of thiophene rings is 1. The van der Waals surface area contributed by atoms with Gasteiger partial charge in [-0.2, -0.15) is 18.4 Å². The second kappa shape index (κ2) is 9.70. The lowest BCUT2D eigenvalue weighted by Crippen LogP contribution is -2.69. The SMILES string of the molecule is COC(=O)[C@@](NC(=O)c1ccccc1Cl)(Nc1sc2c(c1C#N)CC[C@H](C(C)(C)C)C2)C(F)(F)F. The second-order valence-corrected chi connectivity index (χ2v) is 10.9. The number of fused-ring (bicyclic) bond motifs is 1. The number of hydrogen-bond donors (Lipinski definition) is 2. The van der Waals surface area contributed by atoms with Gasteiger partial charge in [-0.1, -0.05) is 44.5 Å². The summed E-state index contributed by atoms with van der Waals surface area (Å²) in [5, 5.41) is 13.5. The summed E-state index contributed by atoms with van der Waals surface area (Å²) in [6.07, 6.45) is -3.42. The van der Waals surface area contributed by atoms with E-state index in [1.807, 2.05) is 6.07 Å². The lowest BCUT2D eigenvalue weighted by molar-refractivity contribution is -0.203. The van der Waals surface area contributed by atoms with Crippen LogP contribution >= 0.6 is 22.9 Å². The van der Waals surface area contributed by atoms with E-state index in [-0.39, 0.29) is 32.5 Å². The van der Waals surface area contributed by atoms with Crippen LogP contribution in [0, 0.1) is 22.7 Å². The molecule has 2 N–H and O–H groups in total. The van der Waals surface area contributed by atoms with Crippen molar-refractivity contribution in [1.29, 1.82) is 5.26 Å². The molecule has 0 spiro atoms. The van der Waals surface area contributed by atoms with Crippen LogP contribution in [0.1, 0.15) is 53.6 Å². The van der Waals surface area contributed by atoms with Crippen molar-refractivity contribution in [3.63, 3.8) is 0 Å². The van der Waals surface area contributed by atoms with E-state index in [9.17, 15) is 28.0 Å². The summed E-state index contributed by atoms with van der Waals surface area (Å²) >= 11 is 6.97. The van der Waals surface area contributed by atoms with Crippen molar-refractivity contribution in [2.45, 2.75) is 51.9 Å². The number of benzene rings is 1. The fourth-order valence-electron chi connectivity index (χ4n) is 4.13. The van der Waals surface area contributed by atoms with Gasteiger partial charge in [0.25, 0.3) is 5.91 Å². The van der Waals surface area contributed by atoms with Gasteiger partial charge in [0.15, 0.2) is 0 Å². The van der Waals surface area contributed by atoms with Gasteiger partial charge in [-0.3, -0.25) is 4.79 Å². The standard InChI is InChI=1S/C24H25ClF3N3O3S/c1-22(2,3)13-9-10-14-16(12-29)20(35-18(14)11-13)31-23(21(33)34-4,24(26,27)28)30-19(32)15-7-5-6-8-17(15)25/h5-8,13,31H,9-11H2,1-4H3,(H,30,32)/t13-,23+/m0/s1. The van der Waals surface area contributed by atoms with Gasteiger partial charge in [-0.15, -0.1) is 11.3 Å². The number of carbonyl (C=O) groups excluding carboxylic acids is 2. The number of halogens is 4. The first-order valence-corrected chi connectivity index (χ1v) is 12.0. The Balaban J connectivity index is 2.09. The summed E-state index contributed by atoms with van der Waals surface area (Å²) in [4.78, 5) is 26.3. The number of methoxy groups -OCH3 is 1. The van der Waals surface area contributed by atoms with Crippen molar-refractivity contribution in [2.75, 3.05) is 12.4 Å². The van der Waals surface area contributed by atoms with Crippen molar-refractivity contribution in [2.24, 2.45) is 11.3 Å². The van der Waals surface area contributed by atoms with Crippen LogP contribution in [0.2, 0.25) is 5.02 Å². The van der Waals surface area contributed by atoms with Crippen LogP contribution in [-0.4, -0.2) is 30.8 Å². The molecule has 1 heterocycles. The van der Waals surface area contributed by atoms with Crippen molar-refractivity contribution in [3.05, 3.63) is 50.9 Å². The van der Waals surface area contributed by atoms with Gasteiger partial charge in [0.2, 0.25) is 0 Å². The molecule has 1 aromatic carbocycles. The Morgan fingerprint density at radius 2 is 1.89 bits per heavy atom. The molecule has 1 amide bonds. The van der Waals surface area contributed by atoms with Crippen LogP contribution in [0.3, 0.4) is 0 Å². The van der Waals surface area contributed by atoms with E-state index in [4.69, 9.17) is 11.6 Å². The monoisotopic (exact) mass is 527 g/mol. The van der Waals surface area contributed by atoms with Gasteiger partial charge < -0.3 is 15.4 Å². The van der Waals surface area contributed by atoms with Gasteiger partial charge in [-0.25, -0.2) is 4.79 Å². The zero-order valence-corrected chi connectivity index (χ0v) is 21.2. The molecule has 1 aromatic heterocycles. The highest BCUT2D eigenvalue weighted by atomic mass is 35.5. The van der Waals surface area contributed by atoms with Crippen LogP contribution in [0.15, 0.2) is 24.3 Å². The number of anilines is 1. The van der Waals surface area contributed by atoms with Crippen LogP contribution in [0.5, 0.6) is 0 Å². The van der Waals surface area contributed by atoms with E-state index >= 15 is 0 Å². The number of alkyl halides is 3. The summed E-state index contributed by atoms with van der Waals surface area (Å²) in [5.41, 5.74) is -3.24. The topological polar surface area (TPSA) is 91.2 Å². The maximum atomic E-state index is 14.5. The third kappa shape index (κ3) is 5.11. The Morgan fingerprint density at radius 3 is 2.43 bits per heavy atom. The highest BCUT2D eigenvalue weighted by molar-refractivity contribution is 7.16. The first-order valence-electron chi connectivity index (χ1n) is 10.8. The van der Waals surface area contributed by atoms with E-state index in [1.165, 1.54) is 24.3 Å². The van der Waals surface area contributed by atoms with Gasteiger partial charge in [0, 0.05) is 4.88 Å². The highest BCUT2D eigenvalue weighted by Gasteiger charge is 2.64. The summed E-state index contributed by atoms with van der Waals surface area (Å²) in [7, 11) is 0.782. The summed E-state index contributed by atoms with van der Waals surface area (Å²) in [5.74, 6) is -2.74. The molecule has 0 unspecified atom stereocenters. The fraction of sp³-hybridized carbons (Fsp3) is 0.458. The second-order valence-electron chi connectivity index (χ2n) is 9.42. The molecule has 0 fully saturated rings. The lowest BCUT2D eigenvalue weighted by Gasteiger charge is -2.34. The average Bonchev–Trinajstić information content (AvgIpc) is 3.12. The molecule has 1 aliphatic rings. The molecule has 188 valence electrons. The Kier molecular flexibility index (Phi) is 7.44. The number of rotatable bonds is 5. The summed E-state index contributed by atoms with van der Waals surface area (Å²) in [6, 6.07) is 7.48. The summed E-state index contributed by atoms with van der Waals surface area (Å²) < 4.78 is 48.0. The zero-order valence-electron chi connectivity index (χ0n) is 19.6. The molecule has 1 aliphatic carbocycles. The molecule has 35 heavy (non-hydrogen) atoms. The minimum atomic E-state index is -5.33. The number of nitrogens with one attached hydrogen (secondary N) is 2. The predicted octanol–water partition coefficient (Wildman–Crippen LogP) is 5.70. The van der Waals surface area contributed by atoms with Gasteiger partial charge in [0.05, 0.1) is 23.3 Å². The van der Waals surface area contributed by atoms with Crippen molar-refractivity contribution >= 4 is 39.8 Å². The molecule has 6 nitrogen and oxygen atoms in total. The summed E-state index contributed by atoms with van der Waals surface area (Å²) in [6.45, 7) is 6.28. The Morgan fingerprint density at radius 1 is 1.23 bits per heavy atom. The first kappa shape index (κ1) is 26.8. The lowest BCUT2D eigenvalue weighted by atomic mass is 9.72. The number of carbonyl (C=O) groups is 2. The highest BCUT2D eigenvalue weighted by Crippen LogP contribution is 2.45. The van der Waals surface area contributed by atoms with Crippen molar-refractivity contribution < 1.29 is 27.5 Å². The molecule has 2 aromatic rings. The Hall–Kier alpha value is -2.77. The molecule has 0 saturated heterocycles. The van der Waals surface area contributed by atoms with E-state index in [0.717, 1.165) is 29.7 Å². The number of nitriles is 1. The van der Waals surface area contributed by atoms with E-state index in [1.54, 1.807) is 5.32 Å². The van der Waals surface area contributed by atoms with Gasteiger partial charge >= 0.3 is 17.8 Å². The predicted molar refractivity (Wildman–Crippen MR) is 127 cm³/mol. The molecular weight excluding hydrogens is 503 g/mol. The van der Waals surface area contributed by atoms with Crippen LogP contribution in [-0.2, 0) is 22.4 Å². The van der Waals surface area contributed by atoms with Crippen LogP contribution in [0.4, 0.5) is 18.2 Å².